The van der Waals surface area contributed by atoms with E-state index in [9.17, 15) is 4.79 Å². The average Bonchev–Trinajstić information content (AvgIpc) is 2.59. The minimum Gasteiger partial charge on any atom is -0.484 e. The SMILES string of the molecule is O=C(COc1ccc2c(c1)CCCC2)NCC1=CCCCC1. The molecule has 3 heteroatoms. The van der Waals surface area contributed by atoms with Crippen molar-refractivity contribution in [3.05, 3.63) is 41.0 Å². The summed E-state index contributed by atoms with van der Waals surface area (Å²) in [6.07, 6.45) is 11.9. The second kappa shape index (κ2) is 7.48. The lowest BCUT2D eigenvalue weighted by atomic mass is 9.92. The summed E-state index contributed by atoms with van der Waals surface area (Å²) in [7, 11) is 0. The van der Waals surface area contributed by atoms with Gasteiger partial charge in [0.2, 0.25) is 0 Å². The molecule has 1 N–H and O–H groups in total. The minimum absolute atomic E-state index is 0.0378. The Hall–Kier alpha value is -1.77. The summed E-state index contributed by atoms with van der Waals surface area (Å²) in [6.45, 7) is 0.776. The number of carbonyl (C=O) groups excluding carboxylic acids is 1. The van der Waals surface area contributed by atoms with Crippen LogP contribution in [0.5, 0.6) is 5.75 Å². The Kier molecular flexibility index (Phi) is 5.15. The number of allylic oxidation sites excluding steroid dienone is 1. The molecule has 1 aromatic rings. The first-order valence-electron chi connectivity index (χ1n) is 8.50. The largest absolute Gasteiger partial charge is 0.484 e. The Morgan fingerprint density at radius 2 is 1.86 bits per heavy atom. The highest BCUT2D eigenvalue weighted by molar-refractivity contribution is 5.77. The number of aryl methyl sites for hydroxylation is 2. The van der Waals surface area contributed by atoms with Crippen LogP contribution in [0.2, 0.25) is 0 Å². The maximum atomic E-state index is 11.9. The van der Waals surface area contributed by atoms with Crippen LogP contribution in [-0.2, 0) is 17.6 Å². The molecule has 0 unspecified atom stereocenters. The van der Waals surface area contributed by atoms with E-state index in [0.717, 1.165) is 25.0 Å². The quantitative estimate of drug-likeness (QED) is 0.844. The van der Waals surface area contributed by atoms with Crippen LogP contribution >= 0.6 is 0 Å². The van der Waals surface area contributed by atoms with Crippen LogP contribution in [0.15, 0.2) is 29.8 Å². The first-order chi connectivity index (χ1) is 10.8. The molecule has 2 aliphatic rings. The first-order valence-corrected chi connectivity index (χ1v) is 8.50. The van der Waals surface area contributed by atoms with E-state index in [1.165, 1.54) is 48.8 Å². The molecule has 3 nitrogen and oxygen atoms in total. The van der Waals surface area contributed by atoms with Crippen molar-refractivity contribution < 1.29 is 9.53 Å². The van der Waals surface area contributed by atoms with Gasteiger partial charge in [0, 0.05) is 6.54 Å². The van der Waals surface area contributed by atoms with Crippen molar-refractivity contribution in [2.75, 3.05) is 13.2 Å². The standard InChI is InChI=1S/C19H25NO2/c21-19(20-13-15-6-2-1-3-7-15)14-22-18-11-10-16-8-4-5-9-17(16)12-18/h6,10-12H,1-5,7-9,13-14H2,(H,20,21). The molecular formula is C19H25NO2. The Morgan fingerprint density at radius 1 is 1.05 bits per heavy atom. The third-order valence-electron chi connectivity index (χ3n) is 4.59. The van der Waals surface area contributed by atoms with E-state index in [4.69, 9.17) is 4.74 Å². The predicted molar refractivity (Wildman–Crippen MR) is 88.1 cm³/mol. The molecule has 0 saturated carbocycles. The van der Waals surface area contributed by atoms with E-state index in [0.29, 0.717) is 6.54 Å². The molecule has 0 aromatic heterocycles. The summed E-state index contributed by atoms with van der Waals surface area (Å²) in [5.74, 6) is 0.775. The second-order valence-electron chi connectivity index (χ2n) is 6.31. The van der Waals surface area contributed by atoms with Gasteiger partial charge >= 0.3 is 0 Å². The zero-order valence-corrected chi connectivity index (χ0v) is 13.2. The van der Waals surface area contributed by atoms with Crippen LogP contribution in [-0.4, -0.2) is 19.1 Å². The van der Waals surface area contributed by atoms with Crippen LogP contribution in [0.3, 0.4) is 0 Å². The fourth-order valence-corrected chi connectivity index (χ4v) is 3.28. The maximum absolute atomic E-state index is 11.9. The highest BCUT2D eigenvalue weighted by Gasteiger charge is 2.11. The summed E-state index contributed by atoms with van der Waals surface area (Å²) in [5, 5.41) is 2.95. The molecule has 3 rings (SSSR count). The number of benzene rings is 1. The van der Waals surface area contributed by atoms with Crippen molar-refractivity contribution in [3.8, 4) is 5.75 Å². The summed E-state index contributed by atoms with van der Waals surface area (Å²) >= 11 is 0. The van der Waals surface area contributed by atoms with Gasteiger partial charge in [0.1, 0.15) is 5.75 Å². The van der Waals surface area contributed by atoms with Gasteiger partial charge in [0.05, 0.1) is 0 Å². The summed E-state index contributed by atoms with van der Waals surface area (Å²) in [6, 6.07) is 6.24. The van der Waals surface area contributed by atoms with Gasteiger partial charge in [0.15, 0.2) is 6.61 Å². The molecule has 0 fully saturated rings. The van der Waals surface area contributed by atoms with Crippen LogP contribution in [0.25, 0.3) is 0 Å². The van der Waals surface area contributed by atoms with Gasteiger partial charge in [-0.2, -0.15) is 0 Å². The van der Waals surface area contributed by atoms with Gasteiger partial charge < -0.3 is 10.1 Å². The summed E-state index contributed by atoms with van der Waals surface area (Å²) < 4.78 is 5.64. The van der Waals surface area contributed by atoms with Crippen molar-refractivity contribution in [3.63, 3.8) is 0 Å². The Morgan fingerprint density at radius 3 is 2.68 bits per heavy atom. The summed E-state index contributed by atoms with van der Waals surface area (Å²) in [5.41, 5.74) is 4.18. The molecule has 0 heterocycles. The van der Waals surface area contributed by atoms with E-state index in [-0.39, 0.29) is 12.5 Å². The van der Waals surface area contributed by atoms with Gasteiger partial charge in [-0.25, -0.2) is 0 Å². The van der Waals surface area contributed by atoms with Crippen LogP contribution in [0, 0.1) is 0 Å². The molecule has 0 spiro atoms. The average molecular weight is 299 g/mol. The predicted octanol–water partition coefficient (Wildman–Crippen LogP) is 3.56. The van der Waals surface area contributed by atoms with Gasteiger partial charge in [-0.15, -0.1) is 0 Å². The van der Waals surface area contributed by atoms with E-state index >= 15 is 0 Å². The van der Waals surface area contributed by atoms with Gasteiger partial charge in [0.25, 0.3) is 5.91 Å². The molecule has 0 bridgehead atoms. The Bertz CT molecular complexity index is 563. The molecular weight excluding hydrogens is 274 g/mol. The lowest BCUT2D eigenvalue weighted by Crippen LogP contribution is -2.30. The highest BCUT2D eigenvalue weighted by atomic mass is 16.5. The molecule has 0 aliphatic heterocycles. The fourth-order valence-electron chi connectivity index (χ4n) is 3.28. The number of amides is 1. The molecule has 0 saturated heterocycles. The van der Waals surface area contributed by atoms with Crippen molar-refractivity contribution in [1.82, 2.24) is 5.32 Å². The zero-order valence-electron chi connectivity index (χ0n) is 13.2. The minimum atomic E-state index is -0.0378. The molecule has 0 atom stereocenters. The molecule has 0 radical (unpaired) electrons. The van der Waals surface area contributed by atoms with E-state index in [1.807, 2.05) is 6.07 Å². The van der Waals surface area contributed by atoms with E-state index < -0.39 is 0 Å². The van der Waals surface area contributed by atoms with Crippen LogP contribution in [0.1, 0.15) is 49.7 Å². The van der Waals surface area contributed by atoms with E-state index in [1.54, 1.807) is 0 Å². The Balaban J connectivity index is 1.45. The molecule has 118 valence electrons. The smallest absolute Gasteiger partial charge is 0.258 e. The monoisotopic (exact) mass is 299 g/mol. The number of hydrogen-bond acceptors (Lipinski definition) is 2. The third kappa shape index (κ3) is 4.12. The lowest BCUT2D eigenvalue weighted by Gasteiger charge is -2.17. The number of carbonyl (C=O) groups is 1. The zero-order chi connectivity index (χ0) is 15.2. The van der Waals surface area contributed by atoms with Gasteiger partial charge in [-0.3, -0.25) is 4.79 Å². The first kappa shape index (κ1) is 15.1. The van der Waals surface area contributed by atoms with Gasteiger partial charge in [-0.1, -0.05) is 17.7 Å². The molecule has 1 aromatic carbocycles. The summed E-state index contributed by atoms with van der Waals surface area (Å²) in [4.78, 5) is 11.9. The highest BCUT2D eigenvalue weighted by Crippen LogP contribution is 2.25. The van der Waals surface area contributed by atoms with Crippen LogP contribution < -0.4 is 10.1 Å². The number of fused-ring (bicyclic) bond motifs is 1. The number of hydrogen-bond donors (Lipinski definition) is 1. The molecule has 2 aliphatic carbocycles. The van der Waals surface area contributed by atoms with E-state index in [2.05, 4.69) is 23.5 Å². The second-order valence-corrected chi connectivity index (χ2v) is 6.31. The molecule has 1 amide bonds. The number of ether oxygens (including phenoxy) is 1. The molecule has 22 heavy (non-hydrogen) atoms. The maximum Gasteiger partial charge on any atom is 0.258 e. The van der Waals surface area contributed by atoms with Crippen molar-refractivity contribution >= 4 is 5.91 Å². The van der Waals surface area contributed by atoms with Crippen molar-refractivity contribution in [2.45, 2.75) is 51.4 Å². The van der Waals surface area contributed by atoms with Crippen molar-refractivity contribution in [1.29, 1.82) is 0 Å². The lowest BCUT2D eigenvalue weighted by molar-refractivity contribution is -0.122. The topological polar surface area (TPSA) is 38.3 Å². The van der Waals surface area contributed by atoms with Crippen molar-refractivity contribution in [2.24, 2.45) is 0 Å². The van der Waals surface area contributed by atoms with Crippen LogP contribution in [0.4, 0.5) is 0 Å². The van der Waals surface area contributed by atoms with Gasteiger partial charge in [-0.05, 0) is 74.6 Å². The Labute approximate surface area is 132 Å². The normalized spacial score (nSPS) is 17.4. The third-order valence-corrected chi connectivity index (χ3v) is 4.59. The fraction of sp³-hybridized carbons (Fsp3) is 0.526. The number of nitrogens with one attached hydrogen (secondary N) is 1. The number of rotatable bonds is 5.